The Morgan fingerprint density at radius 2 is 1.74 bits per heavy atom. The highest BCUT2D eigenvalue weighted by Gasteiger charge is 2.15. The second kappa shape index (κ2) is 10.9. The molecule has 1 heterocycles. The third-order valence-electron chi connectivity index (χ3n) is 5.50. The molecule has 4 aromatic rings. The zero-order chi connectivity index (χ0) is 24.8. The van der Waals surface area contributed by atoms with E-state index in [2.05, 4.69) is 15.5 Å². The molecule has 4 rings (SSSR count). The van der Waals surface area contributed by atoms with Gasteiger partial charge in [0.05, 0.1) is 11.1 Å². The van der Waals surface area contributed by atoms with Crippen LogP contribution in [0.3, 0.4) is 0 Å². The number of amides is 2. The number of urea groups is 1. The van der Waals surface area contributed by atoms with Crippen LogP contribution in [0.2, 0.25) is 0 Å². The first-order chi connectivity index (χ1) is 16.9. The molecule has 3 aromatic carbocycles. The van der Waals surface area contributed by atoms with Crippen LogP contribution in [0.4, 0.5) is 10.5 Å². The largest absolute Gasteiger partial charge is 0.493 e. The van der Waals surface area contributed by atoms with Crippen molar-refractivity contribution in [3.05, 3.63) is 89.5 Å². The van der Waals surface area contributed by atoms with Crippen LogP contribution in [-0.4, -0.2) is 32.5 Å². The number of thioether (sulfide) groups is 1. The lowest BCUT2D eigenvalue weighted by Crippen LogP contribution is -2.18. The standard InChI is InChI=1S/C26H24N4O4S/c1-30-22-12-11-20(35-14-13-17-7-9-19(10-8-17)25(32)33)15-21(22)23(24(30)31)28-29-26(34)27-16-18-5-3-2-4-6-18/h2-12,15,31H,13-14,16H2,1H3,(H,27,34)(H,32,33). The van der Waals surface area contributed by atoms with Crippen LogP contribution >= 0.6 is 11.8 Å². The molecule has 0 unspecified atom stereocenters. The van der Waals surface area contributed by atoms with E-state index in [0.29, 0.717) is 11.9 Å². The number of aryl methyl sites for hydroxylation is 2. The minimum Gasteiger partial charge on any atom is -0.493 e. The molecule has 35 heavy (non-hydrogen) atoms. The van der Waals surface area contributed by atoms with Gasteiger partial charge in [-0.25, -0.2) is 9.59 Å². The topological polar surface area (TPSA) is 116 Å². The lowest BCUT2D eigenvalue weighted by atomic mass is 10.1. The molecule has 9 heteroatoms. The van der Waals surface area contributed by atoms with Crippen molar-refractivity contribution >= 4 is 40.4 Å². The van der Waals surface area contributed by atoms with Crippen LogP contribution < -0.4 is 5.32 Å². The smallest absolute Gasteiger partial charge is 0.359 e. The molecular weight excluding hydrogens is 464 g/mol. The average molecular weight is 489 g/mol. The summed E-state index contributed by atoms with van der Waals surface area (Å²) in [5, 5.41) is 30.7. The molecule has 2 amide bonds. The fourth-order valence-corrected chi connectivity index (χ4v) is 4.52. The number of hydrogen-bond donors (Lipinski definition) is 3. The molecule has 0 atom stereocenters. The molecule has 0 fully saturated rings. The first kappa shape index (κ1) is 24.0. The molecule has 0 saturated carbocycles. The maximum atomic E-state index is 12.1. The van der Waals surface area contributed by atoms with Crippen molar-refractivity contribution in [3.8, 4) is 5.88 Å². The van der Waals surface area contributed by atoms with Crippen molar-refractivity contribution in [1.82, 2.24) is 9.88 Å². The summed E-state index contributed by atoms with van der Waals surface area (Å²) < 4.78 is 1.60. The third-order valence-corrected chi connectivity index (χ3v) is 6.50. The maximum Gasteiger partial charge on any atom is 0.359 e. The van der Waals surface area contributed by atoms with E-state index in [1.54, 1.807) is 35.5 Å². The predicted molar refractivity (Wildman–Crippen MR) is 136 cm³/mol. The van der Waals surface area contributed by atoms with Gasteiger partial charge in [0, 0.05) is 29.6 Å². The van der Waals surface area contributed by atoms with E-state index in [9.17, 15) is 14.7 Å². The van der Waals surface area contributed by atoms with Gasteiger partial charge in [0.1, 0.15) is 0 Å². The number of benzene rings is 3. The van der Waals surface area contributed by atoms with Crippen molar-refractivity contribution in [2.24, 2.45) is 17.3 Å². The monoisotopic (exact) mass is 488 g/mol. The predicted octanol–water partition coefficient (Wildman–Crippen LogP) is 5.91. The highest BCUT2D eigenvalue weighted by molar-refractivity contribution is 7.99. The third kappa shape index (κ3) is 5.88. The molecule has 0 aliphatic carbocycles. The zero-order valence-electron chi connectivity index (χ0n) is 19.0. The molecule has 0 bridgehead atoms. The Labute approximate surface area is 206 Å². The average Bonchev–Trinajstić information content (AvgIpc) is 3.11. The summed E-state index contributed by atoms with van der Waals surface area (Å²) in [6.07, 6.45) is 0.775. The van der Waals surface area contributed by atoms with Crippen molar-refractivity contribution < 1.29 is 19.8 Å². The number of aromatic hydroxyl groups is 1. The molecule has 0 spiro atoms. The number of rotatable bonds is 8. The van der Waals surface area contributed by atoms with Crippen molar-refractivity contribution in [3.63, 3.8) is 0 Å². The van der Waals surface area contributed by atoms with Gasteiger partial charge in [-0.3, -0.25) is 0 Å². The fourth-order valence-electron chi connectivity index (χ4n) is 3.58. The summed E-state index contributed by atoms with van der Waals surface area (Å²) in [5.74, 6) is -0.220. The van der Waals surface area contributed by atoms with Gasteiger partial charge in [0.25, 0.3) is 0 Å². The van der Waals surface area contributed by atoms with Crippen LogP contribution in [0, 0.1) is 0 Å². The number of azo groups is 1. The first-order valence-electron chi connectivity index (χ1n) is 10.9. The molecule has 0 aliphatic heterocycles. The van der Waals surface area contributed by atoms with Gasteiger partial charge in [-0.15, -0.1) is 16.9 Å². The SMILES string of the molecule is Cn1c(O)c(N=NC(=O)NCc2ccccc2)c2cc(SCCc3ccc(C(=O)O)cc3)ccc21. The minimum atomic E-state index is -0.938. The summed E-state index contributed by atoms with van der Waals surface area (Å²) in [4.78, 5) is 24.1. The number of fused-ring (bicyclic) bond motifs is 1. The second-order valence-corrected chi connectivity index (χ2v) is 9.02. The molecule has 0 saturated heterocycles. The van der Waals surface area contributed by atoms with Crippen LogP contribution in [0.15, 0.2) is 87.9 Å². The molecule has 8 nitrogen and oxygen atoms in total. The number of carbonyl (C=O) groups is 2. The summed E-state index contributed by atoms with van der Waals surface area (Å²) in [7, 11) is 1.72. The van der Waals surface area contributed by atoms with E-state index in [4.69, 9.17) is 5.11 Å². The minimum absolute atomic E-state index is 0.0692. The lowest BCUT2D eigenvalue weighted by Gasteiger charge is -2.04. The maximum absolute atomic E-state index is 12.1. The van der Waals surface area contributed by atoms with E-state index in [-0.39, 0.29) is 17.1 Å². The van der Waals surface area contributed by atoms with E-state index in [1.807, 2.05) is 60.7 Å². The summed E-state index contributed by atoms with van der Waals surface area (Å²) in [5.41, 5.74) is 3.28. The molecule has 3 N–H and O–H groups in total. The lowest BCUT2D eigenvalue weighted by molar-refractivity contribution is 0.0697. The van der Waals surface area contributed by atoms with E-state index in [1.165, 1.54) is 0 Å². The van der Waals surface area contributed by atoms with Crippen LogP contribution in [0.1, 0.15) is 21.5 Å². The van der Waals surface area contributed by atoms with Gasteiger partial charge in [-0.05, 0) is 47.9 Å². The number of nitrogens with one attached hydrogen (secondary N) is 1. The Balaban J connectivity index is 1.43. The Morgan fingerprint density at radius 1 is 1.00 bits per heavy atom. The van der Waals surface area contributed by atoms with Crippen LogP contribution in [0.25, 0.3) is 10.9 Å². The van der Waals surface area contributed by atoms with Crippen molar-refractivity contribution in [2.45, 2.75) is 17.9 Å². The van der Waals surface area contributed by atoms with E-state index in [0.717, 1.165) is 33.7 Å². The Bertz CT molecular complexity index is 1380. The summed E-state index contributed by atoms with van der Waals surface area (Å²) >= 11 is 1.64. The number of nitrogens with zero attached hydrogens (tertiary/aromatic N) is 3. The van der Waals surface area contributed by atoms with Crippen LogP contribution in [0.5, 0.6) is 5.88 Å². The quantitative estimate of drug-likeness (QED) is 0.211. The molecule has 0 radical (unpaired) electrons. The Kier molecular flexibility index (Phi) is 7.47. The molecule has 0 aliphatic rings. The zero-order valence-corrected chi connectivity index (χ0v) is 19.8. The van der Waals surface area contributed by atoms with Gasteiger partial charge < -0.3 is 20.1 Å². The number of carboxylic acid groups (broad SMARTS) is 1. The number of aromatic nitrogens is 1. The number of aromatic carboxylic acids is 1. The second-order valence-electron chi connectivity index (χ2n) is 7.86. The number of carboxylic acids is 1. The van der Waals surface area contributed by atoms with E-state index >= 15 is 0 Å². The summed E-state index contributed by atoms with van der Waals surface area (Å²) in [6.45, 7) is 0.333. The first-order valence-corrected chi connectivity index (χ1v) is 11.9. The van der Waals surface area contributed by atoms with Gasteiger partial charge in [0.2, 0.25) is 5.88 Å². The van der Waals surface area contributed by atoms with Gasteiger partial charge >= 0.3 is 12.0 Å². The normalized spacial score (nSPS) is 11.2. The van der Waals surface area contributed by atoms with Gasteiger partial charge in [-0.2, -0.15) is 0 Å². The fraction of sp³-hybridized carbons (Fsp3) is 0.154. The van der Waals surface area contributed by atoms with Crippen molar-refractivity contribution in [2.75, 3.05) is 5.75 Å². The Hall–Kier alpha value is -4.11. The number of hydrogen-bond acceptors (Lipinski definition) is 5. The molecule has 1 aromatic heterocycles. The Morgan fingerprint density at radius 3 is 2.46 bits per heavy atom. The van der Waals surface area contributed by atoms with Gasteiger partial charge in [-0.1, -0.05) is 47.6 Å². The highest BCUT2D eigenvalue weighted by Crippen LogP contribution is 2.39. The molecular formula is C26H24N4O4S. The number of carbonyl (C=O) groups excluding carboxylic acids is 1. The van der Waals surface area contributed by atoms with E-state index < -0.39 is 12.0 Å². The highest BCUT2D eigenvalue weighted by atomic mass is 32.2. The van der Waals surface area contributed by atoms with Gasteiger partial charge in [0.15, 0.2) is 5.69 Å². The van der Waals surface area contributed by atoms with Crippen molar-refractivity contribution in [1.29, 1.82) is 0 Å². The molecule has 178 valence electrons. The van der Waals surface area contributed by atoms with Crippen LogP contribution in [-0.2, 0) is 20.0 Å². The summed E-state index contributed by atoms with van der Waals surface area (Å²) in [6, 6.07) is 21.5.